The molecule has 0 saturated carbocycles. The number of amides is 2. The van der Waals surface area contributed by atoms with Gasteiger partial charge in [0.25, 0.3) is 5.91 Å². The molecule has 8 heteroatoms. The van der Waals surface area contributed by atoms with Crippen LogP contribution < -0.4 is 14.8 Å². The van der Waals surface area contributed by atoms with Gasteiger partial charge < -0.3 is 24.8 Å². The molecule has 0 radical (unpaired) electrons. The van der Waals surface area contributed by atoms with Crippen molar-refractivity contribution in [3.8, 4) is 22.6 Å². The predicted octanol–water partition coefficient (Wildman–Crippen LogP) is 2.56. The number of hydrogen-bond donors (Lipinski definition) is 2. The van der Waals surface area contributed by atoms with E-state index >= 15 is 0 Å². The van der Waals surface area contributed by atoms with E-state index in [0.717, 1.165) is 11.1 Å². The zero-order valence-electron chi connectivity index (χ0n) is 17.8. The Kier molecular flexibility index (Phi) is 6.79. The van der Waals surface area contributed by atoms with Crippen molar-refractivity contribution in [2.45, 2.75) is 31.8 Å². The number of carbonyl (C=O) groups is 3. The zero-order valence-corrected chi connectivity index (χ0v) is 17.8. The molecule has 8 nitrogen and oxygen atoms in total. The number of ether oxygens (including phenoxy) is 2. The third kappa shape index (κ3) is 5.14. The molecule has 0 unspecified atom stereocenters. The van der Waals surface area contributed by atoms with Crippen molar-refractivity contribution in [1.82, 2.24) is 10.2 Å². The summed E-state index contributed by atoms with van der Waals surface area (Å²) in [6.45, 7) is 2.04. The number of nitrogens with one attached hydrogen (secondary N) is 1. The number of rotatable bonds is 2. The standard InChI is InChI=1S/C23H26N2O6/c1-14-13-31-20-9-7-17(30-3)12-18(20)15-5-4-6-16(11-15)22(27)25(2)19(23(28)29)8-10-21(26)24-14/h4-7,9,11-12,14,19H,8,10,13H2,1-3H3,(H,24,26)(H,28,29)/t14-,19+/m1/s1. The lowest BCUT2D eigenvalue weighted by molar-refractivity contribution is -0.142. The van der Waals surface area contributed by atoms with Gasteiger partial charge in [-0.1, -0.05) is 12.1 Å². The van der Waals surface area contributed by atoms with Gasteiger partial charge in [0.2, 0.25) is 5.91 Å². The Hall–Kier alpha value is -3.55. The molecule has 1 aliphatic heterocycles. The molecular formula is C23H26N2O6. The maximum absolute atomic E-state index is 13.0. The van der Waals surface area contributed by atoms with E-state index in [9.17, 15) is 19.5 Å². The molecule has 2 bridgehead atoms. The molecule has 2 atom stereocenters. The highest BCUT2D eigenvalue weighted by Crippen LogP contribution is 2.34. The summed E-state index contributed by atoms with van der Waals surface area (Å²) in [6.07, 6.45) is -0.0130. The van der Waals surface area contributed by atoms with Gasteiger partial charge in [-0.3, -0.25) is 9.59 Å². The molecule has 0 aliphatic carbocycles. The molecule has 1 aliphatic rings. The van der Waals surface area contributed by atoms with E-state index in [0.29, 0.717) is 17.1 Å². The quantitative estimate of drug-likeness (QED) is 0.765. The normalized spacial score (nSPS) is 19.9. The summed E-state index contributed by atoms with van der Waals surface area (Å²) < 4.78 is 11.3. The van der Waals surface area contributed by atoms with Crippen LogP contribution in [0.5, 0.6) is 11.5 Å². The maximum atomic E-state index is 13.0. The van der Waals surface area contributed by atoms with Crippen molar-refractivity contribution in [2.75, 3.05) is 20.8 Å². The van der Waals surface area contributed by atoms with Crippen molar-refractivity contribution in [2.24, 2.45) is 0 Å². The smallest absolute Gasteiger partial charge is 0.326 e. The third-order valence-electron chi connectivity index (χ3n) is 5.22. The first-order valence-electron chi connectivity index (χ1n) is 10.0. The Morgan fingerprint density at radius 1 is 1.19 bits per heavy atom. The second kappa shape index (κ2) is 9.51. The molecule has 0 saturated heterocycles. The summed E-state index contributed by atoms with van der Waals surface area (Å²) in [5, 5.41) is 12.4. The monoisotopic (exact) mass is 426 g/mol. The first kappa shape index (κ1) is 22.1. The van der Waals surface area contributed by atoms with Crippen molar-refractivity contribution in [1.29, 1.82) is 0 Å². The zero-order chi connectivity index (χ0) is 22.5. The van der Waals surface area contributed by atoms with Crippen LogP contribution in [0, 0.1) is 0 Å². The minimum atomic E-state index is -1.16. The van der Waals surface area contributed by atoms with Crippen LogP contribution in [0.2, 0.25) is 0 Å². The Bertz CT molecular complexity index is 990. The SMILES string of the molecule is COc1ccc2c(c1)-c1cccc(c1)C(=O)N(C)[C@H](C(=O)O)CCC(=O)N[C@H](C)CO2. The highest BCUT2D eigenvalue weighted by molar-refractivity contribution is 5.97. The molecule has 1 heterocycles. The summed E-state index contributed by atoms with van der Waals surface area (Å²) in [6, 6.07) is 10.9. The molecule has 164 valence electrons. The van der Waals surface area contributed by atoms with Crippen LogP contribution in [0.15, 0.2) is 42.5 Å². The number of carboxylic acids is 1. The Morgan fingerprint density at radius 2 is 1.94 bits per heavy atom. The molecule has 2 amide bonds. The number of nitrogens with zero attached hydrogens (tertiary/aromatic N) is 1. The van der Waals surface area contributed by atoms with Crippen LogP contribution in [-0.2, 0) is 9.59 Å². The molecule has 2 N–H and O–H groups in total. The number of aliphatic carboxylic acids is 1. The summed E-state index contributed by atoms with van der Waals surface area (Å²) in [4.78, 5) is 38.3. The van der Waals surface area contributed by atoms with Gasteiger partial charge in [0, 0.05) is 24.6 Å². The van der Waals surface area contributed by atoms with Gasteiger partial charge in [-0.2, -0.15) is 0 Å². The van der Waals surface area contributed by atoms with E-state index in [1.807, 2.05) is 19.1 Å². The Morgan fingerprint density at radius 3 is 2.65 bits per heavy atom. The number of carbonyl (C=O) groups excluding carboxylic acids is 2. The number of hydrogen-bond acceptors (Lipinski definition) is 5. The van der Waals surface area contributed by atoms with Crippen molar-refractivity contribution < 1.29 is 29.0 Å². The lowest BCUT2D eigenvalue weighted by Crippen LogP contribution is -2.44. The van der Waals surface area contributed by atoms with Gasteiger partial charge in [-0.15, -0.1) is 0 Å². The molecular weight excluding hydrogens is 400 g/mol. The fourth-order valence-corrected chi connectivity index (χ4v) is 3.51. The fraction of sp³-hybridized carbons (Fsp3) is 0.348. The highest BCUT2D eigenvalue weighted by Gasteiger charge is 2.28. The Balaban J connectivity index is 2.08. The molecule has 0 spiro atoms. The molecule has 2 aromatic carbocycles. The van der Waals surface area contributed by atoms with Gasteiger partial charge in [-0.05, 0) is 49.2 Å². The maximum Gasteiger partial charge on any atom is 0.326 e. The van der Waals surface area contributed by atoms with Gasteiger partial charge in [0.15, 0.2) is 0 Å². The molecule has 0 aromatic heterocycles. The largest absolute Gasteiger partial charge is 0.497 e. The summed E-state index contributed by atoms with van der Waals surface area (Å²) in [7, 11) is 3.00. The van der Waals surface area contributed by atoms with Crippen LogP contribution in [0.1, 0.15) is 30.1 Å². The minimum absolute atomic E-state index is 0.00803. The van der Waals surface area contributed by atoms with Crippen LogP contribution in [0.3, 0.4) is 0 Å². The van der Waals surface area contributed by atoms with Gasteiger partial charge >= 0.3 is 5.97 Å². The first-order chi connectivity index (χ1) is 14.8. The minimum Gasteiger partial charge on any atom is -0.497 e. The third-order valence-corrected chi connectivity index (χ3v) is 5.22. The van der Waals surface area contributed by atoms with E-state index in [2.05, 4.69) is 5.32 Å². The first-order valence-corrected chi connectivity index (χ1v) is 10.0. The second-order valence-electron chi connectivity index (χ2n) is 7.53. The van der Waals surface area contributed by atoms with E-state index in [4.69, 9.17) is 9.47 Å². The second-order valence-corrected chi connectivity index (χ2v) is 7.53. The Labute approximate surface area is 180 Å². The van der Waals surface area contributed by atoms with E-state index in [-0.39, 0.29) is 31.4 Å². The van der Waals surface area contributed by atoms with Gasteiger partial charge in [-0.25, -0.2) is 4.79 Å². The topological polar surface area (TPSA) is 105 Å². The number of benzene rings is 2. The average molecular weight is 426 g/mol. The molecule has 31 heavy (non-hydrogen) atoms. The van der Waals surface area contributed by atoms with Crippen LogP contribution in [-0.4, -0.2) is 60.6 Å². The van der Waals surface area contributed by atoms with E-state index in [1.165, 1.54) is 11.9 Å². The summed E-state index contributed by atoms with van der Waals surface area (Å²) in [5.41, 5.74) is 1.79. The predicted molar refractivity (Wildman–Crippen MR) is 114 cm³/mol. The van der Waals surface area contributed by atoms with Crippen molar-refractivity contribution >= 4 is 17.8 Å². The van der Waals surface area contributed by atoms with Crippen molar-refractivity contribution in [3.63, 3.8) is 0 Å². The van der Waals surface area contributed by atoms with Crippen LogP contribution in [0.4, 0.5) is 0 Å². The molecule has 2 aromatic rings. The van der Waals surface area contributed by atoms with E-state index in [1.54, 1.807) is 37.4 Å². The van der Waals surface area contributed by atoms with Crippen LogP contribution >= 0.6 is 0 Å². The van der Waals surface area contributed by atoms with Crippen LogP contribution in [0.25, 0.3) is 11.1 Å². The molecule has 0 fully saturated rings. The fourth-order valence-electron chi connectivity index (χ4n) is 3.51. The highest BCUT2D eigenvalue weighted by atomic mass is 16.5. The number of methoxy groups -OCH3 is 1. The lowest BCUT2D eigenvalue weighted by atomic mass is 10.0. The number of carboxylic acid groups (broad SMARTS) is 1. The number of fused-ring (bicyclic) bond motifs is 4. The summed E-state index contributed by atoms with van der Waals surface area (Å²) >= 11 is 0. The molecule has 3 rings (SSSR count). The number of likely N-dealkylation sites (N-methyl/N-ethyl adjacent to an activating group) is 1. The summed E-state index contributed by atoms with van der Waals surface area (Å²) in [5.74, 6) is -0.688. The van der Waals surface area contributed by atoms with E-state index < -0.39 is 17.9 Å². The average Bonchev–Trinajstić information content (AvgIpc) is 2.76. The van der Waals surface area contributed by atoms with Gasteiger partial charge in [0.1, 0.15) is 24.1 Å². The van der Waals surface area contributed by atoms with Crippen molar-refractivity contribution in [3.05, 3.63) is 48.0 Å². The van der Waals surface area contributed by atoms with Gasteiger partial charge in [0.05, 0.1) is 13.2 Å². The lowest BCUT2D eigenvalue weighted by Gasteiger charge is -2.25.